The second-order valence-corrected chi connectivity index (χ2v) is 6.66. The van der Waals surface area contributed by atoms with Gasteiger partial charge in [0.1, 0.15) is 5.92 Å². The van der Waals surface area contributed by atoms with Gasteiger partial charge in [0.25, 0.3) is 0 Å². The van der Waals surface area contributed by atoms with Crippen LogP contribution < -0.4 is 20.1 Å². The summed E-state index contributed by atoms with van der Waals surface area (Å²) in [6.07, 6.45) is -5.32. The number of Topliss-reactive ketones (excluding diaryl/α,β-unsaturated/α-hetero) is 1. The molecule has 1 fully saturated rings. The molecule has 1 heterocycles. The third kappa shape index (κ3) is 3.65. The summed E-state index contributed by atoms with van der Waals surface area (Å²) >= 11 is 0. The maximum Gasteiger partial charge on any atom is 0.437 e. The molecule has 1 saturated heterocycles. The normalized spacial score (nSPS) is 23.9. The largest absolute Gasteiger partial charge is 0.493 e. The number of hydrogen-bond donors (Lipinski definition) is 3. The molecule has 2 aromatic carbocycles. The van der Waals surface area contributed by atoms with Gasteiger partial charge >= 0.3 is 12.2 Å². The first kappa shape index (κ1) is 21.4. The third-order valence-corrected chi connectivity index (χ3v) is 4.91. The number of rotatable bonds is 5. The second-order valence-electron chi connectivity index (χ2n) is 6.66. The van der Waals surface area contributed by atoms with E-state index in [0.717, 1.165) is 0 Å². The summed E-state index contributed by atoms with van der Waals surface area (Å²) in [5.74, 6) is -2.62. The highest BCUT2D eigenvalue weighted by Gasteiger charge is 2.66. The van der Waals surface area contributed by atoms with Gasteiger partial charge in [-0.2, -0.15) is 13.2 Å². The van der Waals surface area contributed by atoms with Gasteiger partial charge in [0.15, 0.2) is 17.3 Å². The third-order valence-electron chi connectivity index (χ3n) is 4.91. The summed E-state index contributed by atoms with van der Waals surface area (Å²) in [7, 11) is 2.72. The maximum absolute atomic E-state index is 13.9. The van der Waals surface area contributed by atoms with Crippen LogP contribution in [0.5, 0.6) is 11.5 Å². The molecule has 0 bridgehead atoms. The van der Waals surface area contributed by atoms with Gasteiger partial charge in [0.05, 0.1) is 20.3 Å². The molecular formula is C20H19F3N2O5. The lowest BCUT2D eigenvalue weighted by Gasteiger charge is -2.45. The Labute approximate surface area is 169 Å². The Morgan fingerprint density at radius 3 is 2.27 bits per heavy atom. The molecule has 1 aliphatic rings. The van der Waals surface area contributed by atoms with Crippen molar-refractivity contribution < 1.29 is 37.3 Å². The summed E-state index contributed by atoms with van der Waals surface area (Å²) < 4.78 is 52.0. The molecule has 1 aliphatic heterocycles. The lowest BCUT2D eigenvalue weighted by molar-refractivity contribution is -0.287. The van der Waals surface area contributed by atoms with E-state index in [4.69, 9.17) is 9.47 Å². The fourth-order valence-electron chi connectivity index (χ4n) is 3.45. The van der Waals surface area contributed by atoms with E-state index in [0.29, 0.717) is 5.75 Å². The van der Waals surface area contributed by atoms with Gasteiger partial charge in [-0.3, -0.25) is 4.79 Å². The predicted molar refractivity (Wildman–Crippen MR) is 99.2 cm³/mol. The first-order valence-electron chi connectivity index (χ1n) is 8.81. The van der Waals surface area contributed by atoms with Gasteiger partial charge in [-0.15, -0.1) is 0 Å². The van der Waals surface area contributed by atoms with Gasteiger partial charge in [0.2, 0.25) is 5.72 Å². The molecule has 3 N–H and O–H groups in total. The first-order valence-corrected chi connectivity index (χ1v) is 8.81. The van der Waals surface area contributed by atoms with Crippen molar-refractivity contribution in [1.29, 1.82) is 0 Å². The van der Waals surface area contributed by atoms with Gasteiger partial charge in [-0.1, -0.05) is 36.4 Å². The standard InChI is InChI=1S/C20H19F3N2O5/c1-29-13-9-8-12(10-14(13)30-2)16-15(17(26)11-6-4-3-5-7-11)19(28,20(21,22)23)25-18(27)24-16/h3-10,15-16,28H,1-2H3,(H2,24,25,27)/t15-,16+,19+/m0/s1. The van der Waals surface area contributed by atoms with Crippen LogP contribution in [0.2, 0.25) is 0 Å². The highest BCUT2D eigenvalue weighted by Crippen LogP contribution is 2.45. The average Bonchev–Trinajstić information content (AvgIpc) is 2.72. The van der Waals surface area contributed by atoms with E-state index in [-0.39, 0.29) is 16.9 Å². The Morgan fingerprint density at radius 2 is 1.70 bits per heavy atom. The molecule has 7 nitrogen and oxygen atoms in total. The van der Waals surface area contributed by atoms with Gasteiger partial charge in [-0.25, -0.2) is 4.79 Å². The van der Waals surface area contributed by atoms with Crippen LogP contribution in [-0.4, -0.2) is 43.0 Å². The van der Waals surface area contributed by atoms with Crippen molar-refractivity contribution in [3.05, 3.63) is 59.7 Å². The fourth-order valence-corrected chi connectivity index (χ4v) is 3.45. The molecule has 10 heteroatoms. The van der Waals surface area contributed by atoms with Crippen LogP contribution in [0.4, 0.5) is 18.0 Å². The lowest BCUT2D eigenvalue weighted by atomic mass is 9.77. The molecule has 3 atom stereocenters. The zero-order valence-electron chi connectivity index (χ0n) is 16.0. The van der Waals surface area contributed by atoms with Crippen molar-refractivity contribution in [2.24, 2.45) is 5.92 Å². The van der Waals surface area contributed by atoms with E-state index >= 15 is 0 Å². The van der Waals surface area contributed by atoms with Crippen LogP contribution in [0.3, 0.4) is 0 Å². The number of methoxy groups -OCH3 is 2. The van der Waals surface area contributed by atoms with E-state index in [9.17, 15) is 27.9 Å². The summed E-state index contributed by atoms with van der Waals surface area (Å²) in [5, 5.41) is 14.4. The molecule has 0 aliphatic carbocycles. The fraction of sp³-hybridized carbons (Fsp3) is 0.300. The van der Waals surface area contributed by atoms with Gasteiger partial charge in [0, 0.05) is 5.56 Å². The highest BCUT2D eigenvalue weighted by molar-refractivity contribution is 6.00. The topological polar surface area (TPSA) is 96.9 Å². The van der Waals surface area contributed by atoms with E-state index in [1.165, 1.54) is 62.0 Å². The Kier molecular flexibility index (Phi) is 5.62. The molecule has 0 aromatic heterocycles. The predicted octanol–water partition coefficient (Wildman–Crippen LogP) is 2.81. The van der Waals surface area contributed by atoms with Crippen molar-refractivity contribution in [2.75, 3.05) is 14.2 Å². The Bertz CT molecular complexity index is 951. The van der Waals surface area contributed by atoms with E-state index in [2.05, 4.69) is 5.32 Å². The quantitative estimate of drug-likeness (QED) is 0.642. The molecule has 0 unspecified atom stereocenters. The minimum Gasteiger partial charge on any atom is -0.493 e. The van der Waals surface area contributed by atoms with Crippen molar-refractivity contribution in [3.63, 3.8) is 0 Å². The van der Waals surface area contributed by atoms with Crippen LogP contribution in [0.15, 0.2) is 48.5 Å². The van der Waals surface area contributed by atoms with Crippen molar-refractivity contribution in [3.8, 4) is 11.5 Å². The number of urea groups is 1. The number of benzene rings is 2. The molecule has 3 rings (SSSR count). The molecule has 2 amide bonds. The van der Waals surface area contributed by atoms with E-state index in [1.807, 2.05) is 0 Å². The SMILES string of the molecule is COc1ccc([C@H]2NC(=O)N[C@](O)(C(F)(F)F)[C@@H]2C(=O)c2ccccc2)cc1OC. The number of hydrogen-bond acceptors (Lipinski definition) is 5. The van der Waals surface area contributed by atoms with Crippen molar-refractivity contribution in [2.45, 2.75) is 17.9 Å². The first-order chi connectivity index (χ1) is 14.1. The number of amides is 2. The Morgan fingerprint density at radius 1 is 1.07 bits per heavy atom. The van der Waals surface area contributed by atoms with Crippen LogP contribution >= 0.6 is 0 Å². The summed E-state index contributed by atoms with van der Waals surface area (Å²) in [5.41, 5.74) is -3.71. The molecule has 2 aromatic rings. The monoisotopic (exact) mass is 424 g/mol. The molecule has 30 heavy (non-hydrogen) atoms. The minimum atomic E-state index is -5.32. The van der Waals surface area contributed by atoms with Crippen LogP contribution in [0.25, 0.3) is 0 Å². The number of ether oxygens (including phenoxy) is 2. The molecule has 0 spiro atoms. The van der Waals surface area contributed by atoms with Crippen LogP contribution in [-0.2, 0) is 0 Å². The summed E-state index contributed by atoms with van der Waals surface area (Å²) in [4.78, 5) is 25.2. The zero-order valence-corrected chi connectivity index (χ0v) is 16.0. The maximum atomic E-state index is 13.9. The van der Waals surface area contributed by atoms with Crippen LogP contribution in [0, 0.1) is 5.92 Å². The van der Waals surface area contributed by atoms with Crippen LogP contribution in [0.1, 0.15) is 22.0 Å². The second kappa shape index (κ2) is 7.86. The number of halogens is 3. The minimum absolute atomic E-state index is 0.0476. The zero-order chi connectivity index (χ0) is 22.1. The highest BCUT2D eigenvalue weighted by atomic mass is 19.4. The van der Waals surface area contributed by atoms with Gasteiger partial charge in [-0.05, 0) is 17.7 Å². The Hall–Kier alpha value is -3.27. The lowest BCUT2D eigenvalue weighted by Crippen LogP contribution is -2.72. The van der Waals surface area contributed by atoms with E-state index in [1.54, 1.807) is 6.07 Å². The average molecular weight is 424 g/mol. The number of alkyl halides is 3. The smallest absolute Gasteiger partial charge is 0.437 e. The molecule has 0 radical (unpaired) electrons. The van der Waals surface area contributed by atoms with E-state index < -0.39 is 35.7 Å². The molecule has 160 valence electrons. The van der Waals surface area contributed by atoms with Gasteiger partial charge < -0.3 is 25.2 Å². The molecular weight excluding hydrogens is 405 g/mol. The van der Waals surface area contributed by atoms with Crippen molar-refractivity contribution >= 4 is 11.8 Å². The number of aliphatic hydroxyl groups is 1. The summed E-state index contributed by atoms with van der Waals surface area (Å²) in [6.45, 7) is 0. The molecule has 0 saturated carbocycles. The number of carbonyl (C=O) groups excluding carboxylic acids is 2. The number of nitrogens with one attached hydrogen (secondary N) is 2. The Balaban J connectivity index is 2.18. The number of ketones is 1. The summed E-state index contributed by atoms with van der Waals surface area (Å²) in [6, 6.07) is 8.63. The van der Waals surface area contributed by atoms with Crippen molar-refractivity contribution in [1.82, 2.24) is 10.6 Å². The number of carbonyl (C=O) groups is 2.